The van der Waals surface area contributed by atoms with Crippen molar-refractivity contribution in [3.63, 3.8) is 0 Å². The molecule has 0 aromatic heterocycles. The summed E-state index contributed by atoms with van der Waals surface area (Å²) in [5.74, 6) is -0.253. The summed E-state index contributed by atoms with van der Waals surface area (Å²) in [5, 5.41) is 7.82. The molecular weight excluding hydrogens is 312 g/mol. The molecule has 0 saturated carbocycles. The van der Waals surface area contributed by atoms with Crippen LogP contribution in [0.1, 0.15) is 22.8 Å². The van der Waals surface area contributed by atoms with E-state index in [0.717, 1.165) is 16.3 Å². The topological polar surface area (TPSA) is 58.2 Å². The van der Waals surface area contributed by atoms with Gasteiger partial charge in [-0.1, -0.05) is 48.5 Å². The molecular formula is C21H20N2O2. The quantitative estimate of drug-likeness (QED) is 0.747. The Balaban J connectivity index is 1.74. The van der Waals surface area contributed by atoms with E-state index in [0.29, 0.717) is 17.8 Å². The fourth-order valence-corrected chi connectivity index (χ4v) is 2.83. The Morgan fingerprint density at radius 2 is 1.68 bits per heavy atom. The highest BCUT2D eigenvalue weighted by Crippen LogP contribution is 2.19. The molecule has 0 fully saturated rings. The van der Waals surface area contributed by atoms with Crippen molar-refractivity contribution in [1.29, 1.82) is 0 Å². The van der Waals surface area contributed by atoms with Crippen LogP contribution in [0.3, 0.4) is 0 Å². The highest BCUT2D eigenvalue weighted by atomic mass is 16.2. The molecule has 25 heavy (non-hydrogen) atoms. The predicted molar refractivity (Wildman–Crippen MR) is 101 cm³/mol. The average molecular weight is 332 g/mol. The van der Waals surface area contributed by atoms with Crippen LogP contribution < -0.4 is 10.6 Å². The van der Waals surface area contributed by atoms with Crippen LogP contribution in [0.5, 0.6) is 0 Å². The highest BCUT2D eigenvalue weighted by molar-refractivity contribution is 5.98. The van der Waals surface area contributed by atoms with Crippen molar-refractivity contribution in [2.75, 3.05) is 11.9 Å². The second kappa shape index (κ2) is 7.62. The van der Waals surface area contributed by atoms with Gasteiger partial charge in [-0.3, -0.25) is 9.59 Å². The first-order chi connectivity index (χ1) is 12.2. The van der Waals surface area contributed by atoms with E-state index >= 15 is 0 Å². The van der Waals surface area contributed by atoms with Crippen LogP contribution in [-0.2, 0) is 11.2 Å². The van der Waals surface area contributed by atoms with Gasteiger partial charge in [-0.05, 0) is 41.5 Å². The summed E-state index contributed by atoms with van der Waals surface area (Å²) in [6.45, 7) is 2.43. The van der Waals surface area contributed by atoms with Crippen LogP contribution in [0.4, 0.5) is 5.69 Å². The number of benzene rings is 3. The minimum Gasteiger partial charge on any atom is -0.352 e. The molecule has 0 aliphatic carbocycles. The normalized spacial score (nSPS) is 10.4. The zero-order chi connectivity index (χ0) is 17.6. The first-order valence-corrected chi connectivity index (χ1v) is 8.32. The molecule has 0 unspecified atom stereocenters. The van der Waals surface area contributed by atoms with Gasteiger partial charge in [-0.25, -0.2) is 0 Å². The standard InChI is InChI=1S/C21H20N2O2/c1-2-22-21(25)17-10-6-11-18(13-17)23-20(24)14-16-9-5-8-15-7-3-4-12-19(15)16/h3-13H,2,14H2,1H3,(H,22,25)(H,23,24). The third-order valence-corrected chi connectivity index (χ3v) is 3.98. The number of fused-ring (bicyclic) bond motifs is 1. The van der Waals surface area contributed by atoms with Gasteiger partial charge in [0.05, 0.1) is 6.42 Å². The Labute approximate surface area is 146 Å². The first-order valence-electron chi connectivity index (χ1n) is 8.32. The molecule has 0 heterocycles. The fraction of sp³-hybridized carbons (Fsp3) is 0.143. The minimum absolute atomic E-state index is 0.107. The van der Waals surface area contributed by atoms with Gasteiger partial charge in [-0.15, -0.1) is 0 Å². The summed E-state index contributed by atoms with van der Waals surface area (Å²) in [6.07, 6.45) is 0.284. The molecule has 4 nitrogen and oxygen atoms in total. The second-order valence-corrected chi connectivity index (χ2v) is 5.80. The monoisotopic (exact) mass is 332 g/mol. The molecule has 2 amide bonds. The van der Waals surface area contributed by atoms with E-state index in [1.165, 1.54) is 0 Å². The third kappa shape index (κ3) is 4.04. The largest absolute Gasteiger partial charge is 0.352 e. The van der Waals surface area contributed by atoms with Gasteiger partial charge in [0.2, 0.25) is 5.91 Å². The number of hydrogen-bond acceptors (Lipinski definition) is 2. The molecule has 126 valence electrons. The van der Waals surface area contributed by atoms with Gasteiger partial charge in [0.1, 0.15) is 0 Å². The fourth-order valence-electron chi connectivity index (χ4n) is 2.83. The van der Waals surface area contributed by atoms with Gasteiger partial charge in [0.25, 0.3) is 5.91 Å². The number of amides is 2. The molecule has 0 radical (unpaired) electrons. The zero-order valence-corrected chi connectivity index (χ0v) is 14.1. The Morgan fingerprint density at radius 1 is 0.920 bits per heavy atom. The number of carbonyl (C=O) groups is 2. The van der Waals surface area contributed by atoms with Crippen LogP contribution in [0, 0.1) is 0 Å². The lowest BCUT2D eigenvalue weighted by Gasteiger charge is -2.09. The Bertz CT molecular complexity index is 913. The molecule has 3 aromatic carbocycles. The number of hydrogen-bond donors (Lipinski definition) is 2. The van der Waals surface area contributed by atoms with E-state index < -0.39 is 0 Å². The Morgan fingerprint density at radius 3 is 2.52 bits per heavy atom. The lowest BCUT2D eigenvalue weighted by atomic mass is 10.0. The Hall–Kier alpha value is -3.14. The van der Waals surface area contributed by atoms with E-state index in [-0.39, 0.29) is 18.2 Å². The van der Waals surface area contributed by atoms with Gasteiger partial charge in [-0.2, -0.15) is 0 Å². The smallest absolute Gasteiger partial charge is 0.251 e. The van der Waals surface area contributed by atoms with E-state index in [1.54, 1.807) is 24.3 Å². The lowest BCUT2D eigenvalue weighted by Crippen LogP contribution is -2.23. The third-order valence-electron chi connectivity index (χ3n) is 3.98. The van der Waals surface area contributed by atoms with Crippen molar-refractivity contribution in [2.45, 2.75) is 13.3 Å². The minimum atomic E-state index is -0.146. The maximum Gasteiger partial charge on any atom is 0.251 e. The zero-order valence-electron chi connectivity index (χ0n) is 14.1. The molecule has 4 heteroatoms. The highest BCUT2D eigenvalue weighted by Gasteiger charge is 2.09. The van der Waals surface area contributed by atoms with Gasteiger partial charge < -0.3 is 10.6 Å². The summed E-state index contributed by atoms with van der Waals surface area (Å²) in [7, 11) is 0. The van der Waals surface area contributed by atoms with Crippen molar-refractivity contribution in [1.82, 2.24) is 5.32 Å². The van der Waals surface area contributed by atoms with E-state index in [4.69, 9.17) is 0 Å². The predicted octanol–water partition coefficient (Wildman–Crippen LogP) is 3.77. The van der Waals surface area contributed by atoms with Crippen molar-refractivity contribution in [2.24, 2.45) is 0 Å². The first kappa shape index (κ1) is 16.7. The van der Waals surface area contributed by atoms with E-state index in [9.17, 15) is 9.59 Å². The van der Waals surface area contributed by atoms with Crippen LogP contribution in [-0.4, -0.2) is 18.4 Å². The summed E-state index contributed by atoms with van der Waals surface area (Å²) >= 11 is 0. The molecule has 0 bridgehead atoms. The van der Waals surface area contributed by atoms with Crippen molar-refractivity contribution >= 4 is 28.3 Å². The van der Waals surface area contributed by atoms with Crippen LogP contribution >= 0.6 is 0 Å². The van der Waals surface area contributed by atoms with Crippen LogP contribution in [0.2, 0.25) is 0 Å². The molecule has 3 aromatic rings. The van der Waals surface area contributed by atoms with Crippen LogP contribution in [0.25, 0.3) is 10.8 Å². The SMILES string of the molecule is CCNC(=O)c1cccc(NC(=O)Cc2cccc3ccccc23)c1. The summed E-state index contributed by atoms with van der Waals surface area (Å²) in [5.41, 5.74) is 2.13. The maximum atomic E-state index is 12.4. The summed E-state index contributed by atoms with van der Waals surface area (Å²) < 4.78 is 0. The molecule has 0 aliphatic heterocycles. The number of nitrogens with one attached hydrogen (secondary N) is 2. The van der Waals surface area contributed by atoms with Crippen molar-refractivity contribution in [3.05, 3.63) is 77.9 Å². The number of anilines is 1. The van der Waals surface area contributed by atoms with E-state index in [2.05, 4.69) is 10.6 Å². The average Bonchev–Trinajstić information content (AvgIpc) is 2.62. The molecule has 2 N–H and O–H groups in total. The maximum absolute atomic E-state index is 12.4. The number of carbonyl (C=O) groups excluding carboxylic acids is 2. The van der Waals surface area contributed by atoms with Crippen LogP contribution in [0.15, 0.2) is 66.7 Å². The summed E-state index contributed by atoms with van der Waals surface area (Å²) in [6, 6.07) is 20.9. The second-order valence-electron chi connectivity index (χ2n) is 5.80. The molecule has 0 spiro atoms. The molecule has 0 saturated heterocycles. The van der Waals surface area contributed by atoms with Crippen molar-refractivity contribution in [3.8, 4) is 0 Å². The van der Waals surface area contributed by atoms with Gasteiger partial charge in [0.15, 0.2) is 0 Å². The Kier molecular flexibility index (Phi) is 5.09. The number of rotatable bonds is 5. The van der Waals surface area contributed by atoms with Crippen molar-refractivity contribution < 1.29 is 9.59 Å². The molecule has 0 aliphatic rings. The summed E-state index contributed by atoms with van der Waals surface area (Å²) in [4.78, 5) is 24.3. The van der Waals surface area contributed by atoms with E-state index in [1.807, 2.05) is 49.4 Å². The lowest BCUT2D eigenvalue weighted by molar-refractivity contribution is -0.115. The molecule has 3 rings (SSSR count). The van der Waals surface area contributed by atoms with Gasteiger partial charge >= 0.3 is 0 Å². The molecule has 0 atom stereocenters. The van der Waals surface area contributed by atoms with Gasteiger partial charge in [0, 0.05) is 17.8 Å².